The van der Waals surface area contributed by atoms with Crippen LogP contribution in [0.15, 0.2) is 6.20 Å². The summed E-state index contributed by atoms with van der Waals surface area (Å²) in [5.74, 6) is 0. The van der Waals surface area contributed by atoms with Gasteiger partial charge in [-0.1, -0.05) is 20.8 Å². The maximum absolute atomic E-state index is 9.64. The van der Waals surface area contributed by atoms with Crippen molar-refractivity contribution in [3.05, 3.63) is 16.1 Å². The van der Waals surface area contributed by atoms with E-state index in [1.165, 1.54) is 9.88 Å². The number of nitrogens with zero attached hydrogens (tertiary/aromatic N) is 2. The molecule has 0 amide bonds. The monoisotopic (exact) mass is 254 g/mol. The first kappa shape index (κ1) is 13.0. The molecule has 1 saturated heterocycles. The molecule has 1 N–H and O–H groups in total. The molecule has 1 unspecified atom stereocenters. The maximum atomic E-state index is 9.64. The first-order chi connectivity index (χ1) is 7.95. The van der Waals surface area contributed by atoms with Crippen molar-refractivity contribution >= 4 is 11.3 Å². The van der Waals surface area contributed by atoms with Gasteiger partial charge in [-0.2, -0.15) is 0 Å². The third-order valence-electron chi connectivity index (χ3n) is 3.06. The molecular formula is C13H22N2OS. The van der Waals surface area contributed by atoms with Gasteiger partial charge in [0.25, 0.3) is 0 Å². The number of aliphatic hydroxyl groups is 1. The number of aliphatic hydroxyl groups excluding tert-OH is 1. The largest absolute Gasteiger partial charge is 0.392 e. The van der Waals surface area contributed by atoms with Gasteiger partial charge in [0.05, 0.1) is 11.1 Å². The van der Waals surface area contributed by atoms with E-state index in [-0.39, 0.29) is 11.5 Å². The topological polar surface area (TPSA) is 36.4 Å². The van der Waals surface area contributed by atoms with Crippen molar-refractivity contribution in [3.8, 4) is 0 Å². The van der Waals surface area contributed by atoms with Gasteiger partial charge in [0.15, 0.2) is 0 Å². The number of aromatic nitrogens is 1. The molecule has 0 saturated carbocycles. The summed E-state index contributed by atoms with van der Waals surface area (Å²) in [5, 5.41) is 10.8. The van der Waals surface area contributed by atoms with E-state index in [2.05, 4.69) is 30.7 Å². The van der Waals surface area contributed by atoms with Crippen LogP contribution in [0, 0.1) is 0 Å². The Bertz CT molecular complexity index is 370. The molecule has 0 spiro atoms. The van der Waals surface area contributed by atoms with E-state index < -0.39 is 0 Å². The molecule has 1 atom stereocenters. The van der Waals surface area contributed by atoms with E-state index in [4.69, 9.17) is 0 Å². The summed E-state index contributed by atoms with van der Waals surface area (Å²) in [6, 6.07) is 0. The normalized spacial score (nSPS) is 22.9. The number of rotatable bonds is 2. The molecule has 1 aliphatic rings. The molecule has 96 valence electrons. The Morgan fingerprint density at radius 3 is 2.88 bits per heavy atom. The van der Waals surface area contributed by atoms with E-state index in [9.17, 15) is 5.11 Å². The Morgan fingerprint density at radius 1 is 1.53 bits per heavy atom. The van der Waals surface area contributed by atoms with Crippen molar-refractivity contribution in [2.75, 3.05) is 13.1 Å². The molecule has 0 radical (unpaired) electrons. The first-order valence-electron chi connectivity index (χ1n) is 6.31. The molecule has 2 heterocycles. The lowest BCUT2D eigenvalue weighted by atomic mass is 9.98. The van der Waals surface area contributed by atoms with E-state index >= 15 is 0 Å². The first-order valence-corrected chi connectivity index (χ1v) is 7.12. The molecule has 1 fully saturated rings. The number of thiazole rings is 1. The summed E-state index contributed by atoms with van der Waals surface area (Å²) in [6.07, 6.45) is 3.91. The molecule has 1 aromatic heterocycles. The molecule has 4 heteroatoms. The summed E-state index contributed by atoms with van der Waals surface area (Å²) in [5.41, 5.74) is 0.143. The number of piperidine rings is 1. The standard InChI is InChI=1S/C13H22N2OS/c1-13(2,3)12-14-7-11(17-12)9-15-6-4-5-10(16)8-15/h7,10,16H,4-6,8-9H2,1-3H3. The van der Waals surface area contributed by atoms with Crippen molar-refractivity contribution in [1.29, 1.82) is 0 Å². The van der Waals surface area contributed by atoms with E-state index in [1.807, 2.05) is 6.20 Å². The predicted molar refractivity (Wildman–Crippen MR) is 71.3 cm³/mol. The molecule has 0 aliphatic carbocycles. The number of β-amino-alcohol motifs (C(OH)–C–C–N with tert-alkyl or cyclic N) is 1. The quantitative estimate of drug-likeness (QED) is 0.880. The Hall–Kier alpha value is -0.450. The highest BCUT2D eigenvalue weighted by Gasteiger charge is 2.21. The van der Waals surface area contributed by atoms with Crippen LogP contribution in [0.25, 0.3) is 0 Å². The van der Waals surface area contributed by atoms with E-state index in [0.29, 0.717) is 0 Å². The van der Waals surface area contributed by atoms with Gasteiger partial charge >= 0.3 is 0 Å². The fourth-order valence-electron chi connectivity index (χ4n) is 2.12. The maximum Gasteiger partial charge on any atom is 0.0981 e. The molecule has 0 bridgehead atoms. The van der Waals surface area contributed by atoms with Gasteiger partial charge in [-0.25, -0.2) is 4.98 Å². The van der Waals surface area contributed by atoms with Crippen molar-refractivity contribution in [1.82, 2.24) is 9.88 Å². The van der Waals surface area contributed by atoms with Gasteiger partial charge in [0, 0.05) is 29.6 Å². The van der Waals surface area contributed by atoms with Gasteiger partial charge in [-0.05, 0) is 19.4 Å². The van der Waals surface area contributed by atoms with Crippen LogP contribution in [-0.4, -0.2) is 34.2 Å². The summed E-state index contributed by atoms with van der Waals surface area (Å²) in [7, 11) is 0. The molecule has 1 aromatic rings. The lowest BCUT2D eigenvalue weighted by Gasteiger charge is -2.29. The number of likely N-dealkylation sites (tertiary alicyclic amines) is 1. The SMILES string of the molecule is CC(C)(C)c1ncc(CN2CCCC(O)C2)s1. The van der Waals surface area contributed by atoms with Crippen LogP contribution in [0.3, 0.4) is 0 Å². The molecule has 0 aromatic carbocycles. The Morgan fingerprint density at radius 2 is 2.29 bits per heavy atom. The van der Waals surface area contributed by atoms with Crippen molar-refractivity contribution in [3.63, 3.8) is 0 Å². The summed E-state index contributed by atoms with van der Waals surface area (Å²) < 4.78 is 0. The van der Waals surface area contributed by atoms with Crippen LogP contribution in [0.2, 0.25) is 0 Å². The highest BCUT2D eigenvalue weighted by molar-refractivity contribution is 7.11. The molecule has 17 heavy (non-hydrogen) atoms. The van der Waals surface area contributed by atoms with Gasteiger partial charge in [-0.3, -0.25) is 4.90 Å². The lowest BCUT2D eigenvalue weighted by Crippen LogP contribution is -2.37. The third-order valence-corrected chi connectivity index (χ3v) is 4.46. The fraction of sp³-hybridized carbons (Fsp3) is 0.769. The third kappa shape index (κ3) is 3.50. The average molecular weight is 254 g/mol. The van der Waals surface area contributed by atoms with Crippen LogP contribution in [0.5, 0.6) is 0 Å². The zero-order valence-corrected chi connectivity index (χ0v) is 11.8. The second-order valence-electron chi connectivity index (χ2n) is 5.91. The smallest absolute Gasteiger partial charge is 0.0981 e. The number of hydrogen-bond acceptors (Lipinski definition) is 4. The van der Waals surface area contributed by atoms with Crippen LogP contribution in [0.1, 0.15) is 43.5 Å². The Kier molecular flexibility index (Phi) is 3.85. The zero-order chi connectivity index (χ0) is 12.5. The van der Waals surface area contributed by atoms with Gasteiger partial charge in [0.2, 0.25) is 0 Å². The highest BCUT2D eigenvalue weighted by Crippen LogP contribution is 2.27. The van der Waals surface area contributed by atoms with Crippen LogP contribution >= 0.6 is 11.3 Å². The second kappa shape index (κ2) is 5.04. The van der Waals surface area contributed by atoms with Crippen LogP contribution < -0.4 is 0 Å². The molecule has 3 nitrogen and oxygen atoms in total. The van der Waals surface area contributed by atoms with Gasteiger partial charge < -0.3 is 5.11 Å². The minimum absolute atomic E-state index is 0.140. The summed E-state index contributed by atoms with van der Waals surface area (Å²) in [4.78, 5) is 8.14. The zero-order valence-electron chi connectivity index (χ0n) is 10.9. The Balaban J connectivity index is 1.97. The predicted octanol–water partition coefficient (Wildman–Crippen LogP) is 2.40. The summed E-state index contributed by atoms with van der Waals surface area (Å²) >= 11 is 1.80. The molecular weight excluding hydrogens is 232 g/mol. The van der Waals surface area contributed by atoms with Crippen molar-refractivity contribution in [2.45, 2.75) is 51.7 Å². The average Bonchev–Trinajstić information content (AvgIpc) is 2.65. The van der Waals surface area contributed by atoms with Crippen LogP contribution in [0.4, 0.5) is 0 Å². The number of hydrogen-bond donors (Lipinski definition) is 1. The molecule has 2 rings (SSSR count). The van der Waals surface area contributed by atoms with E-state index in [1.54, 1.807) is 11.3 Å². The van der Waals surface area contributed by atoms with Gasteiger partial charge in [-0.15, -0.1) is 11.3 Å². The van der Waals surface area contributed by atoms with Crippen LogP contribution in [-0.2, 0) is 12.0 Å². The minimum Gasteiger partial charge on any atom is -0.392 e. The molecule has 1 aliphatic heterocycles. The highest BCUT2D eigenvalue weighted by atomic mass is 32.1. The van der Waals surface area contributed by atoms with E-state index in [0.717, 1.165) is 32.5 Å². The van der Waals surface area contributed by atoms with Crippen molar-refractivity contribution < 1.29 is 5.11 Å². The van der Waals surface area contributed by atoms with Crippen molar-refractivity contribution in [2.24, 2.45) is 0 Å². The van der Waals surface area contributed by atoms with Gasteiger partial charge in [0.1, 0.15) is 0 Å². The second-order valence-corrected chi connectivity index (χ2v) is 7.03. The Labute approximate surface area is 107 Å². The lowest BCUT2D eigenvalue weighted by molar-refractivity contribution is 0.0673. The minimum atomic E-state index is -0.140. The summed E-state index contributed by atoms with van der Waals surface area (Å²) in [6.45, 7) is 9.42. The fourth-order valence-corrected chi connectivity index (χ4v) is 3.13.